The van der Waals surface area contributed by atoms with Crippen LogP contribution in [-0.2, 0) is 4.79 Å². The number of hydrogen-bond donors (Lipinski definition) is 1. The summed E-state index contributed by atoms with van der Waals surface area (Å²) in [4.78, 5) is 15.1. The molecule has 1 N–H and O–H groups in total. The number of fused-ring (bicyclic) bond motifs is 1. The second-order valence-corrected chi connectivity index (χ2v) is 6.42. The number of carbonyl (C=O) groups is 1. The van der Waals surface area contributed by atoms with Crippen LogP contribution < -0.4 is 10.2 Å². The molecule has 1 saturated heterocycles. The Hall–Kier alpha value is -1.35. The lowest BCUT2D eigenvalue weighted by molar-refractivity contribution is -0.121. The number of carbonyl (C=O) groups excluding carboxylic acids is 1. The highest BCUT2D eigenvalue weighted by Crippen LogP contribution is 2.38. The largest absolute Gasteiger partial charge is 0.311 e. The molecule has 0 spiro atoms. The summed E-state index contributed by atoms with van der Waals surface area (Å²) in [6.45, 7) is 4.03. The third-order valence-electron chi connectivity index (χ3n) is 5.08. The van der Waals surface area contributed by atoms with Gasteiger partial charge in [-0.3, -0.25) is 4.79 Å². The Balaban J connectivity index is 1.77. The zero-order valence-electron chi connectivity index (χ0n) is 12.9. The zero-order chi connectivity index (χ0) is 14.7. The van der Waals surface area contributed by atoms with Crippen molar-refractivity contribution in [3.63, 3.8) is 0 Å². The highest BCUT2D eigenvalue weighted by atomic mass is 16.2. The van der Waals surface area contributed by atoms with Crippen molar-refractivity contribution in [1.82, 2.24) is 5.32 Å². The van der Waals surface area contributed by atoms with E-state index >= 15 is 0 Å². The van der Waals surface area contributed by atoms with Gasteiger partial charge in [-0.05, 0) is 49.8 Å². The summed E-state index contributed by atoms with van der Waals surface area (Å²) in [6.07, 6.45) is 5.97. The Bertz CT molecular complexity index is 473. The van der Waals surface area contributed by atoms with E-state index in [-0.39, 0.29) is 11.9 Å². The minimum Gasteiger partial charge on any atom is -0.311 e. The molecule has 2 fully saturated rings. The van der Waals surface area contributed by atoms with Crippen LogP contribution in [0, 0.1) is 11.8 Å². The fraction of sp³-hybridized carbons (Fsp3) is 0.611. The lowest BCUT2D eigenvalue weighted by Gasteiger charge is -2.28. The molecule has 0 bridgehead atoms. The van der Waals surface area contributed by atoms with Crippen LogP contribution in [0.1, 0.15) is 39.0 Å². The maximum atomic E-state index is 13.1. The molecule has 0 radical (unpaired) electrons. The second-order valence-electron chi connectivity index (χ2n) is 6.42. The average Bonchev–Trinajstić information content (AvgIpc) is 3.11. The molecule has 1 aromatic rings. The van der Waals surface area contributed by atoms with Crippen molar-refractivity contribution in [1.29, 1.82) is 0 Å². The van der Waals surface area contributed by atoms with Gasteiger partial charge in [0, 0.05) is 12.2 Å². The van der Waals surface area contributed by atoms with E-state index in [4.69, 9.17) is 0 Å². The minimum atomic E-state index is 0.0366. The van der Waals surface area contributed by atoms with Crippen LogP contribution in [-0.4, -0.2) is 25.0 Å². The number of benzene rings is 1. The number of amides is 1. The van der Waals surface area contributed by atoms with E-state index in [9.17, 15) is 4.79 Å². The van der Waals surface area contributed by atoms with Crippen LogP contribution in [0.3, 0.4) is 0 Å². The summed E-state index contributed by atoms with van der Waals surface area (Å²) in [5.41, 5.74) is 1.04. The summed E-state index contributed by atoms with van der Waals surface area (Å²) in [6, 6.07) is 10.2. The first-order valence-corrected chi connectivity index (χ1v) is 8.41. The van der Waals surface area contributed by atoms with Crippen molar-refractivity contribution in [2.75, 3.05) is 18.0 Å². The number of nitrogens with one attached hydrogen (secondary N) is 1. The average molecular weight is 286 g/mol. The number of unbranched alkanes of at least 4 members (excludes halogenated alkanes) is 1. The van der Waals surface area contributed by atoms with E-state index in [0.717, 1.165) is 37.5 Å². The fourth-order valence-electron chi connectivity index (χ4n) is 3.92. The normalized spacial score (nSPS) is 27.6. The van der Waals surface area contributed by atoms with Crippen LogP contribution in [0.4, 0.5) is 5.69 Å². The summed E-state index contributed by atoms with van der Waals surface area (Å²) in [5.74, 6) is 1.57. The van der Waals surface area contributed by atoms with E-state index in [2.05, 4.69) is 24.4 Å². The number of para-hydroxylation sites is 1. The molecule has 0 aromatic heterocycles. The summed E-state index contributed by atoms with van der Waals surface area (Å²) in [7, 11) is 0. The van der Waals surface area contributed by atoms with Gasteiger partial charge in [-0.2, -0.15) is 0 Å². The van der Waals surface area contributed by atoms with Crippen LogP contribution in [0.25, 0.3) is 0 Å². The quantitative estimate of drug-likeness (QED) is 0.901. The first kappa shape index (κ1) is 14.6. The van der Waals surface area contributed by atoms with Crippen LogP contribution in [0.5, 0.6) is 0 Å². The first-order chi connectivity index (χ1) is 10.3. The lowest BCUT2D eigenvalue weighted by Crippen LogP contribution is -2.47. The van der Waals surface area contributed by atoms with Crippen molar-refractivity contribution >= 4 is 11.6 Å². The van der Waals surface area contributed by atoms with Crippen molar-refractivity contribution in [3.05, 3.63) is 30.3 Å². The molecule has 1 aromatic carbocycles. The molecular formula is C18H26N2O. The van der Waals surface area contributed by atoms with E-state index in [1.165, 1.54) is 19.3 Å². The molecule has 3 unspecified atom stereocenters. The molecule has 1 saturated carbocycles. The molecule has 3 atom stereocenters. The maximum absolute atomic E-state index is 13.1. The van der Waals surface area contributed by atoms with Gasteiger partial charge in [-0.25, -0.2) is 0 Å². The lowest BCUT2D eigenvalue weighted by atomic mass is 9.93. The predicted octanol–water partition coefficient (Wildman–Crippen LogP) is 3.21. The molecule has 2 aliphatic rings. The second kappa shape index (κ2) is 6.61. The number of hydrogen-bond acceptors (Lipinski definition) is 2. The monoisotopic (exact) mass is 286 g/mol. The Labute approximate surface area is 127 Å². The number of anilines is 1. The Morgan fingerprint density at radius 1 is 1.29 bits per heavy atom. The maximum Gasteiger partial charge on any atom is 0.244 e. The van der Waals surface area contributed by atoms with Gasteiger partial charge in [0.25, 0.3) is 0 Å². The molecule has 1 aliphatic heterocycles. The minimum absolute atomic E-state index is 0.0366. The summed E-state index contributed by atoms with van der Waals surface area (Å²) >= 11 is 0. The Morgan fingerprint density at radius 2 is 2.10 bits per heavy atom. The molecule has 1 heterocycles. The van der Waals surface area contributed by atoms with Gasteiger partial charge >= 0.3 is 0 Å². The third-order valence-corrected chi connectivity index (χ3v) is 5.08. The molecule has 21 heavy (non-hydrogen) atoms. The standard InChI is InChI=1S/C18H26N2O/c1-2-3-12-20(15-9-5-4-6-10-15)18(21)17-16-11-7-8-14(16)13-19-17/h4-6,9-10,14,16-17,19H,2-3,7-8,11-13H2,1H3. The zero-order valence-corrected chi connectivity index (χ0v) is 12.9. The SMILES string of the molecule is CCCCN(C(=O)C1NCC2CCCC21)c1ccccc1. The topological polar surface area (TPSA) is 32.3 Å². The van der Waals surface area contributed by atoms with Gasteiger partial charge in [-0.15, -0.1) is 0 Å². The van der Waals surface area contributed by atoms with Crippen molar-refractivity contribution < 1.29 is 4.79 Å². The van der Waals surface area contributed by atoms with Crippen LogP contribution in [0.2, 0.25) is 0 Å². The molecule has 3 heteroatoms. The molecule has 3 nitrogen and oxygen atoms in total. The Morgan fingerprint density at radius 3 is 2.86 bits per heavy atom. The van der Waals surface area contributed by atoms with Crippen molar-refractivity contribution in [2.45, 2.75) is 45.1 Å². The summed E-state index contributed by atoms with van der Waals surface area (Å²) in [5, 5.41) is 3.49. The molecular weight excluding hydrogens is 260 g/mol. The third kappa shape index (κ3) is 2.98. The molecule has 1 aliphatic carbocycles. The van der Waals surface area contributed by atoms with Gasteiger partial charge in [0.1, 0.15) is 0 Å². The predicted molar refractivity (Wildman–Crippen MR) is 86.3 cm³/mol. The first-order valence-electron chi connectivity index (χ1n) is 8.41. The molecule has 1 amide bonds. The molecule has 114 valence electrons. The van der Waals surface area contributed by atoms with E-state index in [0.29, 0.717) is 5.92 Å². The van der Waals surface area contributed by atoms with Gasteiger partial charge in [0.05, 0.1) is 6.04 Å². The smallest absolute Gasteiger partial charge is 0.244 e. The highest BCUT2D eigenvalue weighted by molar-refractivity contribution is 5.97. The van der Waals surface area contributed by atoms with Gasteiger partial charge in [0.15, 0.2) is 0 Å². The van der Waals surface area contributed by atoms with Crippen LogP contribution in [0.15, 0.2) is 30.3 Å². The van der Waals surface area contributed by atoms with Crippen molar-refractivity contribution in [2.24, 2.45) is 11.8 Å². The van der Waals surface area contributed by atoms with E-state index in [1.54, 1.807) is 0 Å². The number of nitrogens with zero attached hydrogens (tertiary/aromatic N) is 1. The van der Waals surface area contributed by atoms with Crippen molar-refractivity contribution in [3.8, 4) is 0 Å². The van der Waals surface area contributed by atoms with E-state index in [1.807, 2.05) is 23.1 Å². The fourth-order valence-corrected chi connectivity index (χ4v) is 3.92. The summed E-state index contributed by atoms with van der Waals surface area (Å²) < 4.78 is 0. The highest BCUT2D eigenvalue weighted by Gasteiger charge is 2.43. The van der Waals surface area contributed by atoms with Gasteiger partial charge in [0.2, 0.25) is 5.91 Å². The number of rotatable bonds is 5. The van der Waals surface area contributed by atoms with E-state index < -0.39 is 0 Å². The Kier molecular flexibility index (Phi) is 4.59. The molecule has 3 rings (SSSR count). The van der Waals surface area contributed by atoms with Gasteiger partial charge in [-0.1, -0.05) is 38.0 Å². The van der Waals surface area contributed by atoms with Gasteiger partial charge < -0.3 is 10.2 Å². The van der Waals surface area contributed by atoms with Crippen LogP contribution >= 0.6 is 0 Å².